The largest absolute Gasteiger partial charge is 0.462 e. The van der Waals surface area contributed by atoms with Crippen molar-refractivity contribution in [2.45, 2.75) is 24.7 Å². The molecule has 7 heteroatoms. The van der Waals surface area contributed by atoms with Crippen LogP contribution in [0.3, 0.4) is 0 Å². The molecule has 0 aliphatic rings. The Kier molecular flexibility index (Phi) is 6.15. The van der Waals surface area contributed by atoms with Crippen LogP contribution in [0.1, 0.15) is 30.1 Å². The van der Waals surface area contributed by atoms with E-state index < -0.39 is 16.0 Å². The number of carbonyl (C=O) groups is 1. The minimum atomic E-state index is -3.52. The third-order valence-corrected chi connectivity index (χ3v) is 3.96. The molecule has 0 atom stereocenters. The maximum Gasteiger partial charge on any atom is 0.338 e. The molecule has 1 rings (SSSR count). The Morgan fingerprint density at radius 2 is 2.00 bits per heavy atom. The average molecular weight is 296 g/mol. The van der Waals surface area contributed by atoms with Crippen molar-refractivity contribution in [3.05, 3.63) is 29.8 Å². The zero-order valence-electron chi connectivity index (χ0n) is 11.1. The highest BCUT2D eigenvalue weighted by molar-refractivity contribution is 7.89. The second-order valence-electron chi connectivity index (χ2n) is 3.92. The molecule has 0 bridgehead atoms. The molecule has 0 aromatic heterocycles. The summed E-state index contributed by atoms with van der Waals surface area (Å²) in [6.07, 6.45) is 0.808. The fraction of sp³-hybridized carbons (Fsp3) is 0.385. The Bertz CT molecular complexity index is 588. The van der Waals surface area contributed by atoms with E-state index >= 15 is 0 Å². The van der Waals surface area contributed by atoms with Gasteiger partial charge in [-0.15, -0.1) is 0 Å². The Morgan fingerprint density at radius 1 is 1.35 bits per heavy atom. The van der Waals surface area contributed by atoms with Gasteiger partial charge in [-0.2, -0.15) is 5.26 Å². The molecule has 0 saturated heterocycles. The number of ether oxygens (including phenoxy) is 1. The molecule has 0 spiro atoms. The molecule has 0 amide bonds. The zero-order valence-corrected chi connectivity index (χ0v) is 11.9. The van der Waals surface area contributed by atoms with E-state index in [1.165, 1.54) is 24.3 Å². The van der Waals surface area contributed by atoms with E-state index in [1.807, 2.05) is 6.07 Å². The van der Waals surface area contributed by atoms with Crippen molar-refractivity contribution in [2.75, 3.05) is 13.2 Å². The Labute approximate surface area is 118 Å². The minimum absolute atomic E-state index is 0.0976. The van der Waals surface area contributed by atoms with Crippen LogP contribution in [0.2, 0.25) is 0 Å². The van der Waals surface area contributed by atoms with Crippen molar-refractivity contribution < 1.29 is 17.9 Å². The van der Waals surface area contributed by atoms with E-state index in [-0.39, 0.29) is 17.1 Å². The number of hydrogen-bond acceptors (Lipinski definition) is 5. The van der Waals surface area contributed by atoms with Gasteiger partial charge in [0.1, 0.15) is 0 Å². The molecule has 0 saturated carbocycles. The molecule has 0 unspecified atom stereocenters. The van der Waals surface area contributed by atoms with Crippen LogP contribution in [0, 0.1) is 11.3 Å². The SMILES string of the molecule is CCNS(=O)(=O)c1ccc(C(=O)OCCCC#N)cc1. The van der Waals surface area contributed by atoms with Crippen molar-refractivity contribution >= 4 is 16.0 Å². The summed E-state index contributed by atoms with van der Waals surface area (Å²) in [5.74, 6) is -0.532. The van der Waals surface area contributed by atoms with Gasteiger partial charge in [-0.3, -0.25) is 0 Å². The first-order valence-electron chi connectivity index (χ1n) is 6.15. The maximum absolute atomic E-state index is 11.7. The highest BCUT2D eigenvalue weighted by Crippen LogP contribution is 2.11. The van der Waals surface area contributed by atoms with Crippen LogP contribution in [0.5, 0.6) is 0 Å². The number of nitriles is 1. The van der Waals surface area contributed by atoms with Crippen molar-refractivity contribution in [3.8, 4) is 6.07 Å². The predicted octanol–water partition coefficient (Wildman–Crippen LogP) is 1.45. The van der Waals surface area contributed by atoms with Gasteiger partial charge in [0.2, 0.25) is 10.0 Å². The number of hydrogen-bond donors (Lipinski definition) is 1. The summed E-state index contributed by atoms with van der Waals surface area (Å²) in [6.45, 7) is 2.15. The number of benzene rings is 1. The molecule has 108 valence electrons. The Morgan fingerprint density at radius 3 is 2.55 bits per heavy atom. The lowest BCUT2D eigenvalue weighted by Gasteiger charge is -2.06. The number of esters is 1. The first-order chi connectivity index (χ1) is 9.51. The minimum Gasteiger partial charge on any atom is -0.462 e. The zero-order chi connectivity index (χ0) is 15.0. The first kappa shape index (κ1) is 16.1. The van der Waals surface area contributed by atoms with Crippen molar-refractivity contribution in [3.63, 3.8) is 0 Å². The number of nitrogens with one attached hydrogen (secondary N) is 1. The number of nitrogens with zero attached hydrogens (tertiary/aromatic N) is 1. The molecule has 0 fully saturated rings. The van der Waals surface area contributed by atoms with E-state index in [0.717, 1.165) is 0 Å². The number of rotatable bonds is 7. The lowest BCUT2D eigenvalue weighted by molar-refractivity contribution is 0.0501. The molecule has 0 aliphatic heterocycles. The molecule has 0 radical (unpaired) electrons. The lowest BCUT2D eigenvalue weighted by atomic mass is 10.2. The summed E-state index contributed by atoms with van der Waals surface area (Å²) in [7, 11) is -3.52. The lowest BCUT2D eigenvalue weighted by Crippen LogP contribution is -2.23. The predicted molar refractivity (Wildman–Crippen MR) is 72.4 cm³/mol. The van der Waals surface area contributed by atoms with Crippen LogP contribution in [-0.4, -0.2) is 27.5 Å². The van der Waals surface area contributed by atoms with Gasteiger partial charge in [0.25, 0.3) is 0 Å². The van der Waals surface area contributed by atoms with Gasteiger partial charge in [0, 0.05) is 13.0 Å². The molecule has 0 aliphatic carbocycles. The van der Waals surface area contributed by atoms with E-state index in [4.69, 9.17) is 10.00 Å². The van der Waals surface area contributed by atoms with Gasteiger partial charge >= 0.3 is 5.97 Å². The third-order valence-electron chi connectivity index (χ3n) is 2.40. The highest BCUT2D eigenvalue weighted by atomic mass is 32.2. The first-order valence-corrected chi connectivity index (χ1v) is 7.63. The van der Waals surface area contributed by atoms with Crippen molar-refractivity contribution in [2.24, 2.45) is 0 Å². The molecule has 6 nitrogen and oxygen atoms in total. The molecule has 1 aromatic carbocycles. The van der Waals surface area contributed by atoms with E-state index in [0.29, 0.717) is 19.4 Å². The molecular weight excluding hydrogens is 280 g/mol. The monoisotopic (exact) mass is 296 g/mol. The second kappa shape index (κ2) is 7.62. The number of sulfonamides is 1. The van der Waals surface area contributed by atoms with Gasteiger partial charge in [0.05, 0.1) is 23.1 Å². The summed E-state index contributed by atoms with van der Waals surface area (Å²) in [4.78, 5) is 11.7. The van der Waals surface area contributed by atoms with Gasteiger partial charge in [-0.25, -0.2) is 17.9 Å². The van der Waals surface area contributed by atoms with E-state index in [9.17, 15) is 13.2 Å². The summed E-state index contributed by atoms with van der Waals surface area (Å²) >= 11 is 0. The topological polar surface area (TPSA) is 96.3 Å². The molecular formula is C13H16N2O4S. The third kappa shape index (κ3) is 4.64. The maximum atomic E-state index is 11.7. The van der Waals surface area contributed by atoms with Crippen LogP contribution >= 0.6 is 0 Å². The van der Waals surface area contributed by atoms with Gasteiger partial charge in [0.15, 0.2) is 0 Å². The molecule has 0 heterocycles. The Balaban J connectivity index is 2.67. The van der Waals surface area contributed by atoms with Crippen LogP contribution in [0.4, 0.5) is 0 Å². The fourth-order valence-electron chi connectivity index (χ4n) is 1.44. The number of carbonyl (C=O) groups excluding carboxylic acids is 1. The summed E-state index contributed by atoms with van der Waals surface area (Å²) in [5, 5.41) is 8.35. The van der Waals surface area contributed by atoms with Crippen molar-refractivity contribution in [1.29, 1.82) is 5.26 Å². The van der Waals surface area contributed by atoms with Crippen LogP contribution in [0.25, 0.3) is 0 Å². The van der Waals surface area contributed by atoms with E-state index in [1.54, 1.807) is 6.92 Å². The van der Waals surface area contributed by atoms with Gasteiger partial charge < -0.3 is 4.74 Å². The van der Waals surface area contributed by atoms with E-state index in [2.05, 4.69) is 4.72 Å². The van der Waals surface area contributed by atoms with Crippen LogP contribution in [-0.2, 0) is 14.8 Å². The standard InChI is InChI=1S/C13H16N2O4S/c1-2-15-20(17,18)12-7-5-11(6-8-12)13(16)19-10-4-3-9-14/h5-8,15H,2-4,10H2,1H3. The molecule has 20 heavy (non-hydrogen) atoms. The van der Waals surface area contributed by atoms with Gasteiger partial charge in [-0.05, 0) is 30.7 Å². The van der Waals surface area contributed by atoms with Crippen molar-refractivity contribution in [1.82, 2.24) is 4.72 Å². The average Bonchev–Trinajstić information content (AvgIpc) is 2.43. The van der Waals surface area contributed by atoms with Gasteiger partial charge in [-0.1, -0.05) is 6.92 Å². The summed E-state index contributed by atoms with van der Waals surface area (Å²) < 4.78 is 30.7. The molecule has 1 N–H and O–H groups in total. The molecule has 1 aromatic rings. The van der Waals surface area contributed by atoms with Crippen LogP contribution < -0.4 is 4.72 Å². The summed E-state index contributed by atoms with van der Waals surface area (Å²) in [6, 6.07) is 7.45. The Hall–Kier alpha value is -1.91. The van der Waals surface area contributed by atoms with Crippen LogP contribution in [0.15, 0.2) is 29.2 Å². The smallest absolute Gasteiger partial charge is 0.338 e. The second-order valence-corrected chi connectivity index (χ2v) is 5.69. The highest BCUT2D eigenvalue weighted by Gasteiger charge is 2.14. The normalized spacial score (nSPS) is 10.8. The quantitative estimate of drug-likeness (QED) is 0.606. The number of unbranched alkanes of at least 4 members (excludes halogenated alkanes) is 1. The summed E-state index contributed by atoms with van der Waals surface area (Å²) in [5.41, 5.74) is 0.275. The fourth-order valence-corrected chi connectivity index (χ4v) is 2.48.